The van der Waals surface area contributed by atoms with Gasteiger partial charge in [0, 0.05) is 38.0 Å². The highest BCUT2D eigenvalue weighted by atomic mass is 32.1. The number of fused-ring (bicyclic) bond motifs is 1. The molecule has 0 N–H and O–H groups in total. The zero-order valence-electron chi connectivity index (χ0n) is 14.5. The Morgan fingerprint density at radius 3 is 2.44 bits per heavy atom. The summed E-state index contributed by atoms with van der Waals surface area (Å²) < 4.78 is 5.51. The number of nitrogens with zero attached hydrogens (tertiary/aromatic N) is 2. The van der Waals surface area contributed by atoms with Crippen LogP contribution in [0.1, 0.15) is 18.4 Å². The van der Waals surface area contributed by atoms with Crippen LogP contribution in [0.15, 0.2) is 48.7 Å². The molecule has 0 radical (unpaired) electrons. The lowest BCUT2D eigenvalue weighted by molar-refractivity contribution is 0.0696. The van der Waals surface area contributed by atoms with Crippen LogP contribution in [0.25, 0.3) is 16.3 Å². The zero-order valence-corrected chi connectivity index (χ0v) is 15.3. The summed E-state index contributed by atoms with van der Waals surface area (Å²) in [6, 6.07) is 15.1. The highest BCUT2D eigenvalue weighted by molar-refractivity contribution is 7.81. The Morgan fingerprint density at radius 1 is 0.920 bits per heavy atom. The van der Waals surface area contributed by atoms with Crippen molar-refractivity contribution in [3.8, 4) is 0 Å². The topological polar surface area (TPSA) is 15.7 Å². The van der Waals surface area contributed by atoms with E-state index in [1.165, 1.54) is 34.8 Å². The molecule has 3 nitrogen and oxygen atoms in total. The number of hydrogen-bond donors (Lipinski definition) is 0. The van der Waals surface area contributed by atoms with Crippen molar-refractivity contribution in [1.29, 1.82) is 0 Å². The van der Waals surface area contributed by atoms with Crippen molar-refractivity contribution in [3.63, 3.8) is 0 Å². The quantitative estimate of drug-likeness (QED) is 0.614. The second kappa shape index (κ2) is 7.54. The third-order valence-corrected chi connectivity index (χ3v) is 5.54. The van der Waals surface area contributed by atoms with Gasteiger partial charge in [-0.3, -0.25) is 0 Å². The lowest BCUT2D eigenvalue weighted by Gasteiger charge is -2.31. The van der Waals surface area contributed by atoms with Crippen LogP contribution in [0.4, 0.5) is 0 Å². The molecule has 130 valence electrons. The molecule has 2 aliphatic rings. The van der Waals surface area contributed by atoms with E-state index in [9.17, 15) is 0 Å². The third kappa shape index (κ3) is 3.55. The summed E-state index contributed by atoms with van der Waals surface area (Å²) in [5.74, 6) is 0. The highest BCUT2D eigenvalue weighted by Gasteiger charge is 2.21. The molecule has 2 saturated heterocycles. The van der Waals surface area contributed by atoms with E-state index in [0.717, 1.165) is 44.4 Å². The minimum Gasteiger partial charge on any atom is -0.378 e. The highest BCUT2D eigenvalue weighted by Crippen LogP contribution is 2.28. The predicted molar refractivity (Wildman–Crippen MR) is 108 cm³/mol. The van der Waals surface area contributed by atoms with Gasteiger partial charge in [-0.1, -0.05) is 54.7 Å². The van der Waals surface area contributed by atoms with Gasteiger partial charge >= 0.3 is 0 Å². The molecule has 0 saturated carbocycles. The zero-order chi connectivity index (χ0) is 17.1. The second-order valence-electron chi connectivity index (χ2n) is 6.72. The van der Waals surface area contributed by atoms with Gasteiger partial charge < -0.3 is 14.5 Å². The van der Waals surface area contributed by atoms with Gasteiger partial charge in [0.15, 0.2) is 0 Å². The van der Waals surface area contributed by atoms with Gasteiger partial charge in [0.25, 0.3) is 0 Å². The molecule has 2 aromatic carbocycles. The molecular formula is C21H24N2OS. The molecule has 0 aliphatic carbocycles. The van der Waals surface area contributed by atoms with Gasteiger partial charge in [0.2, 0.25) is 0 Å². The van der Waals surface area contributed by atoms with Crippen LogP contribution >= 0.6 is 12.2 Å². The minimum absolute atomic E-state index is 0.757. The summed E-state index contributed by atoms with van der Waals surface area (Å²) >= 11 is 5.95. The van der Waals surface area contributed by atoms with E-state index in [2.05, 4.69) is 58.5 Å². The van der Waals surface area contributed by atoms with E-state index in [0.29, 0.717) is 0 Å². The van der Waals surface area contributed by atoms with Crippen molar-refractivity contribution < 1.29 is 4.74 Å². The van der Waals surface area contributed by atoms with Crippen molar-refractivity contribution >= 4 is 33.6 Å². The van der Waals surface area contributed by atoms with Crippen LogP contribution in [-0.2, 0) is 4.74 Å². The third-order valence-electron chi connectivity index (χ3n) is 5.06. The van der Waals surface area contributed by atoms with Crippen molar-refractivity contribution in [2.24, 2.45) is 0 Å². The molecule has 0 spiro atoms. The summed E-state index contributed by atoms with van der Waals surface area (Å²) in [6.07, 6.45) is 4.83. The van der Waals surface area contributed by atoms with Crippen molar-refractivity contribution in [2.45, 2.75) is 12.8 Å². The minimum atomic E-state index is 0.757. The molecule has 0 aromatic heterocycles. The molecule has 4 heteroatoms. The number of ether oxygens (including phenoxy) is 1. The van der Waals surface area contributed by atoms with Gasteiger partial charge in [-0.15, -0.1) is 0 Å². The average Bonchev–Trinajstić information content (AvgIpc) is 3.19. The van der Waals surface area contributed by atoms with E-state index >= 15 is 0 Å². The van der Waals surface area contributed by atoms with E-state index in [1.54, 1.807) is 0 Å². The Balaban J connectivity index is 1.77. The average molecular weight is 353 g/mol. The van der Waals surface area contributed by atoms with Crippen LogP contribution in [0.2, 0.25) is 0 Å². The Morgan fingerprint density at radius 2 is 1.64 bits per heavy atom. The van der Waals surface area contributed by atoms with Gasteiger partial charge in [-0.25, -0.2) is 0 Å². The van der Waals surface area contributed by atoms with Gasteiger partial charge in [-0.2, -0.15) is 0 Å². The lowest BCUT2D eigenvalue weighted by atomic mass is 9.98. The van der Waals surface area contributed by atoms with Crippen LogP contribution in [0, 0.1) is 0 Å². The molecule has 0 unspecified atom stereocenters. The maximum Gasteiger partial charge on any atom is 0.111 e. The number of benzene rings is 2. The first-order chi connectivity index (χ1) is 12.3. The molecule has 0 atom stereocenters. The molecule has 25 heavy (non-hydrogen) atoms. The normalized spacial score (nSPS) is 18.8. The molecule has 2 heterocycles. The summed E-state index contributed by atoms with van der Waals surface area (Å²) in [7, 11) is 0. The van der Waals surface area contributed by atoms with E-state index in [1.807, 2.05) is 0 Å². The lowest BCUT2D eigenvalue weighted by Crippen LogP contribution is -2.40. The fourth-order valence-corrected chi connectivity index (χ4v) is 4.04. The van der Waals surface area contributed by atoms with Gasteiger partial charge in [0.1, 0.15) is 4.99 Å². The smallest absolute Gasteiger partial charge is 0.111 e. The molecule has 0 bridgehead atoms. The monoisotopic (exact) mass is 352 g/mol. The summed E-state index contributed by atoms with van der Waals surface area (Å²) in [5.41, 5.74) is 2.41. The Labute approximate surface area is 154 Å². The predicted octanol–water partition coefficient (Wildman–Crippen LogP) is 3.94. The molecule has 2 aliphatic heterocycles. The molecule has 2 aromatic rings. The number of likely N-dealkylation sites (tertiary alicyclic amines) is 1. The van der Waals surface area contributed by atoms with Crippen molar-refractivity contribution in [3.05, 3.63) is 54.2 Å². The number of hydrogen-bond acceptors (Lipinski definition) is 3. The largest absolute Gasteiger partial charge is 0.378 e. The SMILES string of the molecule is S=C(C(=CN1CCCC1)c1cccc2ccccc12)N1CCOCC1. The van der Waals surface area contributed by atoms with Crippen molar-refractivity contribution in [1.82, 2.24) is 9.80 Å². The van der Waals surface area contributed by atoms with Gasteiger partial charge in [0.05, 0.1) is 13.2 Å². The van der Waals surface area contributed by atoms with E-state index < -0.39 is 0 Å². The van der Waals surface area contributed by atoms with Crippen LogP contribution < -0.4 is 0 Å². The van der Waals surface area contributed by atoms with Crippen LogP contribution in [-0.4, -0.2) is 54.2 Å². The Bertz CT molecular complexity index is 784. The first kappa shape index (κ1) is 16.6. The Hall–Kier alpha value is -1.91. The fourth-order valence-electron chi connectivity index (χ4n) is 3.69. The maximum atomic E-state index is 5.95. The summed E-state index contributed by atoms with van der Waals surface area (Å²) in [6.45, 7) is 5.52. The van der Waals surface area contributed by atoms with Crippen LogP contribution in [0.3, 0.4) is 0 Å². The van der Waals surface area contributed by atoms with Crippen LogP contribution in [0.5, 0.6) is 0 Å². The van der Waals surface area contributed by atoms with Gasteiger partial charge in [-0.05, 0) is 29.2 Å². The summed E-state index contributed by atoms with van der Waals surface area (Å²) in [5, 5.41) is 2.53. The molecular weight excluding hydrogens is 328 g/mol. The number of thiocarbonyl (C=S) groups is 1. The second-order valence-corrected chi connectivity index (χ2v) is 7.10. The molecule has 0 amide bonds. The van der Waals surface area contributed by atoms with E-state index in [-0.39, 0.29) is 0 Å². The fraction of sp³-hybridized carbons (Fsp3) is 0.381. The first-order valence-electron chi connectivity index (χ1n) is 9.14. The van der Waals surface area contributed by atoms with Crippen molar-refractivity contribution in [2.75, 3.05) is 39.4 Å². The molecule has 2 fully saturated rings. The van der Waals surface area contributed by atoms with E-state index in [4.69, 9.17) is 17.0 Å². The number of morpholine rings is 1. The molecule has 4 rings (SSSR count). The Kier molecular flexibility index (Phi) is 4.99. The number of rotatable bonds is 3. The standard InChI is InChI=1S/C21H24N2OS/c25-21(23-12-14-24-15-13-23)20(16-22-10-3-4-11-22)19-9-5-7-17-6-1-2-8-18(17)19/h1-2,5-9,16H,3-4,10-15H2. The summed E-state index contributed by atoms with van der Waals surface area (Å²) in [4.78, 5) is 5.67. The maximum absolute atomic E-state index is 5.95. The first-order valence-corrected chi connectivity index (χ1v) is 9.55.